The highest BCUT2D eigenvalue weighted by Crippen LogP contribution is 2.40. The third-order valence-electron chi connectivity index (χ3n) is 7.07. The van der Waals surface area contributed by atoms with E-state index in [0.717, 1.165) is 42.6 Å². The first-order valence-corrected chi connectivity index (χ1v) is 14.8. The van der Waals surface area contributed by atoms with Crippen LogP contribution >= 0.6 is 0 Å². The van der Waals surface area contributed by atoms with Gasteiger partial charge < -0.3 is 33.7 Å². The van der Waals surface area contributed by atoms with Gasteiger partial charge in [0.25, 0.3) is 0 Å². The number of nitrogens with one attached hydrogen (secondary N) is 1. The molecule has 1 aliphatic rings. The minimum Gasteiger partial charge on any atom is -0.377 e. The van der Waals surface area contributed by atoms with Crippen molar-refractivity contribution < 1.29 is 28.4 Å². The first-order chi connectivity index (χ1) is 20.4. The Morgan fingerprint density at radius 3 is 1.27 bits per heavy atom. The van der Waals surface area contributed by atoms with Gasteiger partial charge in [-0.1, -0.05) is 91.0 Å². The second kappa shape index (κ2) is 18.7. The Morgan fingerprint density at radius 2 is 0.854 bits per heavy atom. The van der Waals surface area contributed by atoms with Gasteiger partial charge in [0.1, 0.15) is 5.60 Å². The van der Waals surface area contributed by atoms with E-state index in [-0.39, 0.29) is 0 Å². The summed E-state index contributed by atoms with van der Waals surface area (Å²) < 4.78 is 35.2. The molecule has 1 fully saturated rings. The molecule has 7 nitrogen and oxygen atoms in total. The van der Waals surface area contributed by atoms with Gasteiger partial charge in [0.2, 0.25) is 0 Å². The summed E-state index contributed by atoms with van der Waals surface area (Å²) in [4.78, 5) is 0. The van der Waals surface area contributed by atoms with Crippen LogP contribution in [-0.2, 0) is 34.0 Å². The van der Waals surface area contributed by atoms with Crippen molar-refractivity contribution in [2.75, 3.05) is 79.2 Å². The molecule has 0 saturated carbocycles. The Hall–Kier alpha value is -2.62. The molecule has 4 rings (SSSR count). The predicted octanol–water partition coefficient (Wildman–Crippen LogP) is 4.83. The minimum absolute atomic E-state index is 0.371. The number of benzene rings is 3. The highest BCUT2D eigenvalue weighted by Gasteiger charge is 2.37. The van der Waals surface area contributed by atoms with Gasteiger partial charge in [-0.05, 0) is 42.6 Å². The molecule has 0 unspecified atom stereocenters. The molecule has 222 valence electrons. The van der Waals surface area contributed by atoms with Gasteiger partial charge in [0.15, 0.2) is 0 Å². The molecule has 1 aliphatic heterocycles. The number of ether oxygens (including phenoxy) is 6. The maximum absolute atomic E-state index is 6.72. The minimum atomic E-state index is -0.731. The fourth-order valence-corrected chi connectivity index (χ4v) is 5.02. The van der Waals surface area contributed by atoms with Gasteiger partial charge in [-0.15, -0.1) is 0 Å². The van der Waals surface area contributed by atoms with E-state index >= 15 is 0 Å². The van der Waals surface area contributed by atoms with Crippen LogP contribution in [0.25, 0.3) is 0 Å². The Labute approximate surface area is 245 Å². The van der Waals surface area contributed by atoms with Gasteiger partial charge in [-0.2, -0.15) is 0 Å². The van der Waals surface area contributed by atoms with E-state index in [1.165, 1.54) is 0 Å². The number of hydrogen-bond donors (Lipinski definition) is 1. The summed E-state index contributed by atoms with van der Waals surface area (Å²) in [5, 5.41) is 3.34. The standard InChI is InChI=1S/C34H45NO6/c1-4-10-30(11-5-1)34(31-12-6-2-7-13-31,32-14-8-3-9-15-32)41-29-27-39-25-23-37-21-20-36-22-24-38-26-28-40-33-16-18-35-19-17-33/h1-15,33,35H,16-29H2. The molecule has 1 N–H and O–H groups in total. The maximum atomic E-state index is 6.72. The normalized spacial score (nSPS) is 14.3. The van der Waals surface area contributed by atoms with Crippen molar-refractivity contribution in [2.45, 2.75) is 24.5 Å². The van der Waals surface area contributed by atoms with Crippen LogP contribution < -0.4 is 5.32 Å². The number of piperidine rings is 1. The molecule has 0 spiro atoms. The third kappa shape index (κ3) is 10.3. The first-order valence-electron chi connectivity index (χ1n) is 14.8. The van der Waals surface area contributed by atoms with E-state index in [9.17, 15) is 0 Å². The third-order valence-corrected chi connectivity index (χ3v) is 7.07. The Balaban J connectivity index is 1.09. The van der Waals surface area contributed by atoms with Crippen molar-refractivity contribution in [1.29, 1.82) is 0 Å². The van der Waals surface area contributed by atoms with Gasteiger partial charge >= 0.3 is 0 Å². The molecule has 3 aromatic rings. The Kier molecular flexibility index (Phi) is 14.3. The monoisotopic (exact) mass is 563 g/mol. The molecule has 41 heavy (non-hydrogen) atoms. The summed E-state index contributed by atoms with van der Waals surface area (Å²) in [6.45, 7) is 7.42. The highest BCUT2D eigenvalue weighted by molar-refractivity contribution is 5.47. The molecular weight excluding hydrogens is 518 g/mol. The van der Waals surface area contributed by atoms with Crippen LogP contribution in [0.4, 0.5) is 0 Å². The van der Waals surface area contributed by atoms with Crippen LogP contribution in [0, 0.1) is 0 Å². The lowest BCUT2D eigenvalue weighted by atomic mass is 9.80. The van der Waals surface area contributed by atoms with E-state index in [2.05, 4.69) is 78.1 Å². The molecule has 0 amide bonds. The van der Waals surface area contributed by atoms with E-state index in [4.69, 9.17) is 28.4 Å². The van der Waals surface area contributed by atoms with Crippen molar-refractivity contribution in [3.8, 4) is 0 Å². The Morgan fingerprint density at radius 1 is 0.488 bits per heavy atom. The summed E-state index contributed by atoms with van der Waals surface area (Å²) in [5.41, 5.74) is 2.51. The smallest absolute Gasteiger partial charge is 0.143 e. The van der Waals surface area contributed by atoms with E-state index in [1.54, 1.807) is 0 Å². The molecule has 1 heterocycles. The van der Waals surface area contributed by atoms with Crippen molar-refractivity contribution in [3.05, 3.63) is 108 Å². The zero-order chi connectivity index (χ0) is 28.3. The lowest BCUT2D eigenvalue weighted by Crippen LogP contribution is -2.34. The van der Waals surface area contributed by atoms with E-state index < -0.39 is 5.60 Å². The van der Waals surface area contributed by atoms with Crippen molar-refractivity contribution in [3.63, 3.8) is 0 Å². The fraction of sp³-hybridized carbons (Fsp3) is 0.471. The fourth-order valence-electron chi connectivity index (χ4n) is 5.02. The largest absolute Gasteiger partial charge is 0.377 e. The molecule has 7 heteroatoms. The second-order valence-electron chi connectivity index (χ2n) is 9.90. The van der Waals surface area contributed by atoms with Gasteiger partial charge in [0.05, 0.1) is 72.2 Å². The van der Waals surface area contributed by atoms with Crippen LogP contribution in [0.2, 0.25) is 0 Å². The average molecular weight is 564 g/mol. The van der Waals surface area contributed by atoms with Crippen LogP contribution in [0.1, 0.15) is 29.5 Å². The second-order valence-corrected chi connectivity index (χ2v) is 9.90. The quantitative estimate of drug-likeness (QED) is 0.156. The summed E-state index contributed by atoms with van der Waals surface area (Å²) >= 11 is 0. The van der Waals surface area contributed by atoms with E-state index in [1.807, 2.05) is 18.2 Å². The van der Waals surface area contributed by atoms with Gasteiger partial charge in [-0.25, -0.2) is 0 Å². The zero-order valence-electron chi connectivity index (χ0n) is 24.1. The summed E-state index contributed by atoms with van der Waals surface area (Å²) in [7, 11) is 0. The molecule has 0 aromatic heterocycles. The predicted molar refractivity (Wildman–Crippen MR) is 160 cm³/mol. The van der Waals surface area contributed by atoms with Gasteiger partial charge in [0, 0.05) is 0 Å². The van der Waals surface area contributed by atoms with Crippen LogP contribution in [0.15, 0.2) is 91.0 Å². The molecular formula is C34H45NO6. The highest BCUT2D eigenvalue weighted by atomic mass is 16.6. The van der Waals surface area contributed by atoms with Crippen molar-refractivity contribution in [1.82, 2.24) is 5.32 Å². The van der Waals surface area contributed by atoms with E-state index in [0.29, 0.717) is 72.2 Å². The van der Waals surface area contributed by atoms with Crippen molar-refractivity contribution >= 4 is 0 Å². The molecule has 0 aliphatic carbocycles. The maximum Gasteiger partial charge on any atom is 0.143 e. The molecule has 3 aromatic carbocycles. The summed E-state index contributed by atoms with van der Waals surface area (Å²) in [5.74, 6) is 0. The zero-order valence-corrected chi connectivity index (χ0v) is 24.1. The Bertz CT molecular complexity index is 950. The molecule has 0 radical (unpaired) electrons. The summed E-state index contributed by atoms with van der Waals surface area (Å²) in [6, 6.07) is 31.1. The lowest BCUT2D eigenvalue weighted by molar-refractivity contribution is -0.0410. The van der Waals surface area contributed by atoms with Crippen molar-refractivity contribution in [2.24, 2.45) is 0 Å². The SMILES string of the molecule is c1ccc(C(OCCOCCOCCOCCOCCOC2CCNCC2)(c2ccccc2)c2ccccc2)cc1. The number of rotatable bonds is 20. The number of hydrogen-bond acceptors (Lipinski definition) is 7. The van der Waals surface area contributed by atoms with Gasteiger partial charge in [-0.3, -0.25) is 0 Å². The first kappa shape index (κ1) is 31.3. The average Bonchev–Trinajstić information content (AvgIpc) is 3.04. The lowest BCUT2D eigenvalue weighted by Gasteiger charge is -2.36. The van der Waals surface area contributed by atoms with Crippen LogP contribution in [0.3, 0.4) is 0 Å². The molecule has 0 bridgehead atoms. The molecule has 1 saturated heterocycles. The van der Waals surface area contributed by atoms with Crippen LogP contribution in [-0.4, -0.2) is 85.3 Å². The topological polar surface area (TPSA) is 67.4 Å². The summed E-state index contributed by atoms with van der Waals surface area (Å²) in [6.07, 6.45) is 2.54. The molecule has 0 atom stereocenters. The van der Waals surface area contributed by atoms with Crippen LogP contribution in [0.5, 0.6) is 0 Å².